The highest BCUT2D eigenvalue weighted by molar-refractivity contribution is 7.14. The predicted octanol–water partition coefficient (Wildman–Crippen LogP) is 4.09. The van der Waals surface area contributed by atoms with E-state index in [9.17, 15) is 9.18 Å². The number of anilines is 1. The lowest BCUT2D eigenvalue weighted by Gasteiger charge is -2.03. The lowest BCUT2D eigenvalue weighted by atomic mass is 10.1. The Morgan fingerprint density at radius 1 is 1.27 bits per heavy atom. The maximum absolute atomic E-state index is 13.9. The molecule has 130 valence electrons. The molecule has 0 spiro atoms. The molecule has 0 aliphatic heterocycles. The smallest absolute Gasteiger partial charge is 0.278 e. The van der Waals surface area contributed by atoms with Gasteiger partial charge in [0.1, 0.15) is 0 Å². The minimum absolute atomic E-state index is 0.169. The number of nitrogens with zero attached hydrogens (tertiary/aromatic N) is 2. The second kappa shape index (κ2) is 6.57. The van der Waals surface area contributed by atoms with Crippen LogP contribution in [0.15, 0.2) is 47.8 Å². The van der Waals surface area contributed by atoms with E-state index in [2.05, 4.69) is 20.5 Å². The number of nitrogens with one attached hydrogen (secondary N) is 2. The van der Waals surface area contributed by atoms with E-state index in [1.54, 1.807) is 11.4 Å². The Labute approximate surface area is 151 Å². The second-order valence-corrected chi connectivity index (χ2v) is 6.32. The fourth-order valence-electron chi connectivity index (χ4n) is 2.58. The van der Waals surface area contributed by atoms with Crippen molar-refractivity contribution in [3.05, 3.63) is 59.4 Å². The standard InChI is InChI=1S/C18H13FN4O2S/c1-25-15-7-6-10(8-12(15)19)14-9-26-18(20-14)21-17(24)16-11-4-2-3-5-13(11)22-23-16/h2-9H,1H3,(H,22,23)(H,20,21,24). The third kappa shape index (κ3) is 2.91. The number of aromatic nitrogens is 3. The summed E-state index contributed by atoms with van der Waals surface area (Å²) in [7, 11) is 1.41. The van der Waals surface area contributed by atoms with Crippen molar-refractivity contribution in [3.8, 4) is 17.0 Å². The van der Waals surface area contributed by atoms with E-state index in [0.717, 1.165) is 10.9 Å². The molecule has 2 aromatic heterocycles. The zero-order valence-corrected chi connectivity index (χ0v) is 14.4. The molecule has 0 atom stereocenters. The summed E-state index contributed by atoms with van der Waals surface area (Å²) >= 11 is 1.26. The van der Waals surface area contributed by atoms with Crippen LogP contribution in [0.5, 0.6) is 5.75 Å². The molecule has 26 heavy (non-hydrogen) atoms. The lowest BCUT2D eigenvalue weighted by Crippen LogP contribution is -2.12. The van der Waals surface area contributed by atoms with E-state index < -0.39 is 5.82 Å². The normalized spacial score (nSPS) is 10.8. The Morgan fingerprint density at radius 2 is 2.12 bits per heavy atom. The van der Waals surface area contributed by atoms with Gasteiger partial charge in [-0.05, 0) is 24.3 Å². The Balaban J connectivity index is 1.57. The topological polar surface area (TPSA) is 79.9 Å². The van der Waals surface area contributed by atoms with E-state index in [1.165, 1.54) is 30.6 Å². The van der Waals surface area contributed by atoms with Gasteiger partial charge in [-0.25, -0.2) is 9.37 Å². The third-order valence-corrected chi connectivity index (χ3v) is 4.62. The van der Waals surface area contributed by atoms with Crippen LogP contribution in [0.25, 0.3) is 22.2 Å². The summed E-state index contributed by atoms with van der Waals surface area (Å²) in [5.41, 5.74) is 2.25. The molecule has 2 heterocycles. The summed E-state index contributed by atoms with van der Waals surface area (Å²) in [6.07, 6.45) is 0. The van der Waals surface area contributed by atoms with Crippen LogP contribution in [0.4, 0.5) is 9.52 Å². The van der Waals surface area contributed by atoms with Crippen LogP contribution >= 0.6 is 11.3 Å². The molecular formula is C18H13FN4O2S. The number of fused-ring (bicyclic) bond motifs is 1. The second-order valence-electron chi connectivity index (χ2n) is 5.46. The highest BCUT2D eigenvalue weighted by atomic mass is 32.1. The van der Waals surface area contributed by atoms with Gasteiger partial charge in [0, 0.05) is 16.3 Å². The fraction of sp³-hybridized carbons (Fsp3) is 0.0556. The molecule has 0 fully saturated rings. The van der Waals surface area contributed by atoms with Crippen LogP contribution in [-0.4, -0.2) is 28.2 Å². The number of ether oxygens (including phenoxy) is 1. The van der Waals surface area contributed by atoms with Crippen molar-refractivity contribution in [2.45, 2.75) is 0 Å². The number of para-hydroxylation sites is 1. The minimum atomic E-state index is -0.466. The van der Waals surface area contributed by atoms with Gasteiger partial charge in [-0.2, -0.15) is 5.10 Å². The molecule has 0 radical (unpaired) electrons. The lowest BCUT2D eigenvalue weighted by molar-refractivity contribution is 0.102. The zero-order valence-electron chi connectivity index (χ0n) is 13.6. The SMILES string of the molecule is COc1ccc(-c2csc(NC(=O)c3n[nH]c4ccccc34)n2)cc1F. The summed E-state index contributed by atoms with van der Waals surface area (Å²) in [5.74, 6) is -0.654. The van der Waals surface area contributed by atoms with Crippen molar-refractivity contribution < 1.29 is 13.9 Å². The van der Waals surface area contributed by atoms with Crippen LogP contribution < -0.4 is 10.1 Å². The van der Waals surface area contributed by atoms with E-state index in [4.69, 9.17) is 4.74 Å². The Kier molecular flexibility index (Phi) is 4.10. The number of H-pyrrole nitrogens is 1. The molecule has 1 amide bonds. The average Bonchev–Trinajstić information content (AvgIpc) is 3.28. The number of amides is 1. The van der Waals surface area contributed by atoms with Gasteiger partial charge in [-0.3, -0.25) is 15.2 Å². The summed E-state index contributed by atoms with van der Waals surface area (Å²) in [6, 6.07) is 12.0. The highest BCUT2D eigenvalue weighted by Gasteiger charge is 2.16. The van der Waals surface area contributed by atoms with Gasteiger partial charge in [-0.1, -0.05) is 18.2 Å². The van der Waals surface area contributed by atoms with Crippen molar-refractivity contribution in [2.24, 2.45) is 0 Å². The maximum Gasteiger partial charge on any atom is 0.278 e. The molecule has 2 aromatic carbocycles. The fourth-order valence-corrected chi connectivity index (χ4v) is 3.30. The first-order chi connectivity index (χ1) is 12.7. The molecule has 0 aliphatic carbocycles. The molecule has 0 saturated carbocycles. The van der Waals surface area contributed by atoms with E-state index in [1.807, 2.05) is 24.3 Å². The van der Waals surface area contributed by atoms with Gasteiger partial charge in [0.05, 0.1) is 18.3 Å². The summed E-state index contributed by atoms with van der Waals surface area (Å²) in [4.78, 5) is 16.8. The van der Waals surface area contributed by atoms with Gasteiger partial charge in [0.2, 0.25) is 0 Å². The molecule has 0 unspecified atom stereocenters. The number of hydrogen-bond acceptors (Lipinski definition) is 5. The minimum Gasteiger partial charge on any atom is -0.494 e. The maximum atomic E-state index is 13.9. The van der Waals surface area contributed by atoms with Crippen molar-refractivity contribution in [2.75, 3.05) is 12.4 Å². The number of thiazole rings is 1. The first-order valence-electron chi connectivity index (χ1n) is 7.69. The number of rotatable bonds is 4. The first-order valence-corrected chi connectivity index (χ1v) is 8.57. The van der Waals surface area contributed by atoms with Gasteiger partial charge < -0.3 is 4.74 Å². The molecule has 4 aromatic rings. The quantitative estimate of drug-likeness (QED) is 0.569. The van der Waals surface area contributed by atoms with Crippen molar-refractivity contribution in [1.82, 2.24) is 15.2 Å². The molecule has 8 heteroatoms. The number of halogens is 1. The van der Waals surface area contributed by atoms with Crippen molar-refractivity contribution in [1.29, 1.82) is 0 Å². The van der Waals surface area contributed by atoms with Gasteiger partial charge in [0.25, 0.3) is 5.91 Å². The van der Waals surface area contributed by atoms with Crippen LogP contribution in [0.2, 0.25) is 0 Å². The number of aromatic amines is 1. The van der Waals surface area contributed by atoms with E-state index in [0.29, 0.717) is 22.1 Å². The zero-order chi connectivity index (χ0) is 18.1. The monoisotopic (exact) mass is 368 g/mol. The molecule has 0 bridgehead atoms. The predicted molar refractivity (Wildman–Crippen MR) is 98.1 cm³/mol. The Bertz CT molecular complexity index is 1110. The molecule has 2 N–H and O–H groups in total. The number of methoxy groups -OCH3 is 1. The number of carbonyl (C=O) groups is 1. The number of benzene rings is 2. The van der Waals surface area contributed by atoms with Gasteiger partial charge in [0.15, 0.2) is 22.4 Å². The van der Waals surface area contributed by atoms with E-state index in [-0.39, 0.29) is 11.7 Å². The molecule has 0 saturated heterocycles. The van der Waals surface area contributed by atoms with Crippen molar-refractivity contribution >= 4 is 33.3 Å². The van der Waals surface area contributed by atoms with Crippen molar-refractivity contribution in [3.63, 3.8) is 0 Å². The van der Waals surface area contributed by atoms with Crippen LogP contribution in [-0.2, 0) is 0 Å². The third-order valence-electron chi connectivity index (χ3n) is 3.86. The summed E-state index contributed by atoms with van der Waals surface area (Å²) < 4.78 is 18.8. The molecule has 6 nitrogen and oxygen atoms in total. The summed E-state index contributed by atoms with van der Waals surface area (Å²) in [6.45, 7) is 0. The molecule has 4 rings (SSSR count). The van der Waals surface area contributed by atoms with Gasteiger partial charge >= 0.3 is 0 Å². The molecule has 0 aliphatic rings. The number of carbonyl (C=O) groups excluding carboxylic acids is 1. The summed E-state index contributed by atoms with van der Waals surface area (Å²) in [5, 5.41) is 12.5. The van der Waals surface area contributed by atoms with Crippen LogP contribution in [0.1, 0.15) is 10.5 Å². The first kappa shape index (κ1) is 16.2. The highest BCUT2D eigenvalue weighted by Crippen LogP contribution is 2.28. The van der Waals surface area contributed by atoms with Crippen LogP contribution in [0.3, 0.4) is 0 Å². The Hall–Kier alpha value is -3.26. The Morgan fingerprint density at radius 3 is 2.92 bits per heavy atom. The number of hydrogen-bond donors (Lipinski definition) is 2. The average molecular weight is 368 g/mol. The largest absolute Gasteiger partial charge is 0.494 e. The van der Waals surface area contributed by atoms with Gasteiger partial charge in [-0.15, -0.1) is 11.3 Å². The van der Waals surface area contributed by atoms with E-state index >= 15 is 0 Å². The molecular weight excluding hydrogens is 355 g/mol. The van der Waals surface area contributed by atoms with Crippen LogP contribution in [0, 0.1) is 5.82 Å².